The van der Waals surface area contributed by atoms with E-state index in [1.807, 2.05) is 0 Å². The van der Waals surface area contributed by atoms with Crippen LogP contribution in [0.3, 0.4) is 0 Å². The lowest BCUT2D eigenvalue weighted by Crippen LogP contribution is -2.43. The van der Waals surface area contributed by atoms with Gasteiger partial charge in [0.2, 0.25) is 0 Å². The highest BCUT2D eigenvalue weighted by atomic mass is 28.4. The third-order valence-corrected chi connectivity index (χ3v) is 3.76. The van der Waals surface area contributed by atoms with Gasteiger partial charge in [-0.2, -0.15) is 0 Å². The van der Waals surface area contributed by atoms with E-state index in [0.29, 0.717) is 0 Å². The summed E-state index contributed by atoms with van der Waals surface area (Å²) >= 11 is 0. The molecule has 1 nitrogen and oxygen atoms in total. The Labute approximate surface area is 89.4 Å². The van der Waals surface area contributed by atoms with Gasteiger partial charge < -0.3 is 4.43 Å². The third-order valence-electron chi connectivity index (χ3n) is 2.71. The first-order valence-electron chi connectivity index (χ1n) is 5.61. The van der Waals surface area contributed by atoms with Crippen LogP contribution in [0.15, 0.2) is 0 Å². The molecule has 0 aliphatic heterocycles. The van der Waals surface area contributed by atoms with Crippen molar-refractivity contribution in [3.63, 3.8) is 0 Å². The molecule has 1 fully saturated rings. The second kappa shape index (κ2) is 4.50. The van der Waals surface area contributed by atoms with Crippen LogP contribution in [0.1, 0.15) is 38.5 Å². The molecule has 0 N–H and O–H groups in total. The van der Waals surface area contributed by atoms with Crippen molar-refractivity contribution < 1.29 is 4.43 Å². The van der Waals surface area contributed by atoms with E-state index in [0.717, 1.165) is 6.42 Å². The van der Waals surface area contributed by atoms with Crippen molar-refractivity contribution in [3.05, 3.63) is 0 Å². The lowest BCUT2D eigenvalue weighted by molar-refractivity contribution is 0.0275. The van der Waals surface area contributed by atoms with Gasteiger partial charge in [-0.05, 0) is 32.5 Å². The highest BCUT2D eigenvalue weighted by Gasteiger charge is 2.36. The fraction of sp³-hybridized carbons (Fsp3) is 0.833. The Morgan fingerprint density at radius 3 is 2.21 bits per heavy atom. The van der Waals surface area contributed by atoms with Crippen molar-refractivity contribution in [2.24, 2.45) is 0 Å². The molecule has 0 saturated heterocycles. The molecule has 0 aromatic rings. The number of terminal acetylenes is 1. The van der Waals surface area contributed by atoms with E-state index in [-0.39, 0.29) is 5.60 Å². The maximum atomic E-state index is 6.30. The summed E-state index contributed by atoms with van der Waals surface area (Å²) in [4.78, 5) is 0. The summed E-state index contributed by atoms with van der Waals surface area (Å²) < 4.78 is 6.30. The minimum Gasteiger partial charge on any atom is -0.411 e. The monoisotopic (exact) mass is 210 g/mol. The summed E-state index contributed by atoms with van der Waals surface area (Å²) in [7, 11) is -1.45. The van der Waals surface area contributed by atoms with Crippen molar-refractivity contribution >= 4 is 8.32 Å². The van der Waals surface area contributed by atoms with Crippen molar-refractivity contribution in [2.75, 3.05) is 0 Å². The van der Waals surface area contributed by atoms with Gasteiger partial charge in [0.25, 0.3) is 0 Å². The van der Waals surface area contributed by atoms with E-state index in [1.54, 1.807) is 0 Å². The maximum absolute atomic E-state index is 6.30. The van der Waals surface area contributed by atoms with Crippen LogP contribution in [0.5, 0.6) is 0 Å². The summed E-state index contributed by atoms with van der Waals surface area (Å²) in [6, 6.07) is 0. The quantitative estimate of drug-likeness (QED) is 0.511. The first-order chi connectivity index (χ1) is 6.47. The highest BCUT2D eigenvalue weighted by molar-refractivity contribution is 6.69. The van der Waals surface area contributed by atoms with Crippen molar-refractivity contribution in [1.29, 1.82) is 0 Å². The summed E-state index contributed by atoms with van der Waals surface area (Å²) in [5.74, 6) is 2.80. The van der Waals surface area contributed by atoms with E-state index in [9.17, 15) is 0 Å². The molecule has 0 unspecified atom stereocenters. The van der Waals surface area contributed by atoms with Gasteiger partial charge in [0, 0.05) is 6.42 Å². The minimum atomic E-state index is -1.45. The standard InChI is InChI=1S/C12H22OSi/c1-5-9-12(13-14(2,3)4)10-7-6-8-11-12/h1H,6-11H2,2-4H3. The number of hydrogen-bond acceptors (Lipinski definition) is 1. The van der Waals surface area contributed by atoms with Gasteiger partial charge in [-0.25, -0.2) is 0 Å². The predicted molar refractivity (Wildman–Crippen MR) is 63.7 cm³/mol. The Morgan fingerprint density at radius 2 is 1.79 bits per heavy atom. The molecule has 0 heterocycles. The van der Waals surface area contributed by atoms with Crippen LogP contribution in [0.4, 0.5) is 0 Å². The number of hydrogen-bond donors (Lipinski definition) is 0. The zero-order valence-electron chi connectivity index (χ0n) is 9.73. The van der Waals surface area contributed by atoms with Gasteiger partial charge in [0.15, 0.2) is 8.32 Å². The van der Waals surface area contributed by atoms with Gasteiger partial charge in [0.05, 0.1) is 5.60 Å². The van der Waals surface area contributed by atoms with Gasteiger partial charge in [-0.15, -0.1) is 12.3 Å². The Kier molecular flexibility index (Phi) is 3.80. The van der Waals surface area contributed by atoms with Crippen molar-refractivity contribution in [3.8, 4) is 12.3 Å². The summed E-state index contributed by atoms with van der Waals surface area (Å²) in [6.07, 6.45) is 12.5. The minimum absolute atomic E-state index is 0.0392. The molecule has 0 atom stereocenters. The van der Waals surface area contributed by atoms with E-state index >= 15 is 0 Å². The van der Waals surface area contributed by atoms with E-state index in [4.69, 9.17) is 10.8 Å². The molecule has 14 heavy (non-hydrogen) atoms. The van der Waals surface area contributed by atoms with Crippen LogP contribution < -0.4 is 0 Å². The molecule has 2 heteroatoms. The Bertz CT molecular complexity index is 215. The molecule has 1 saturated carbocycles. The molecule has 0 amide bonds. The average molecular weight is 210 g/mol. The lowest BCUT2D eigenvalue weighted by Gasteiger charge is -2.41. The fourth-order valence-electron chi connectivity index (χ4n) is 2.35. The predicted octanol–water partition coefficient (Wildman–Crippen LogP) is 3.56. The molecule has 0 spiro atoms. The Hall–Kier alpha value is -0.263. The zero-order valence-corrected chi connectivity index (χ0v) is 10.7. The summed E-state index contributed by atoms with van der Waals surface area (Å²) in [6.45, 7) is 6.75. The van der Waals surface area contributed by atoms with Gasteiger partial charge in [0.1, 0.15) is 0 Å². The SMILES string of the molecule is C#CCC1(O[Si](C)(C)C)CCCCC1. The van der Waals surface area contributed by atoms with E-state index in [2.05, 4.69) is 25.6 Å². The first kappa shape index (κ1) is 11.8. The fourth-order valence-corrected chi connectivity index (χ4v) is 3.92. The highest BCUT2D eigenvalue weighted by Crippen LogP contribution is 2.36. The molecule has 0 aromatic heterocycles. The van der Waals surface area contributed by atoms with Crippen molar-refractivity contribution in [1.82, 2.24) is 0 Å². The van der Waals surface area contributed by atoms with E-state index in [1.165, 1.54) is 32.1 Å². The van der Waals surface area contributed by atoms with Crippen LogP contribution in [-0.2, 0) is 4.43 Å². The zero-order chi connectivity index (χ0) is 10.7. The summed E-state index contributed by atoms with van der Waals surface area (Å²) in [5.41, 5.74) is 0.0392. The van der Waals surface area contributed by atoms with Gasteiger partial charge >= 0.3 is 0 Å². The Morgan fingerprint density at radius 1 is 1.21 bits per heavy atom. The molecule has 1 aliphatic rings. The molecule has 80 valence electrons. The topological polar surface area (TPSA) is 9.23 Å². The van der Waals surface area contributed by atoms with Gasteiger partial charge in [-0.3, -0.25) is 0 Å². The molecule has 1 rings (SSSR count). The van der Waals surface area contributed by atoms with Crippen LogP contribution in [-0.4, -0.2) is 13.9 Å². The second-order valence-electron chi connectivity index (χ2n) is 5.34. The molecule has 0 bridgehead atoms. The normalized spacial score (nSPS) is 21.6. The maximum Gasteiger partial charge on any atom is 0.184 e. The third kappa shape index (κ3) is 3.47. The first-order valence-corrected chi connectivity index (χ1v) is 9.02. The molecular formula is C12H22OSi. The van der Waals surface area contributed by atoms with Gasteiger partial charge in [-0.1, -0.05) is 19.3 Å². The van der Waals surface area contributed by atoms with Crippen LogP contribution in [0, 0.1) is 12.3 Å². The smallest absolute Gasteiger partial charge is 0.184 e. The average Bonchev–Trinajstić information content (AvgIpc) is 2.02. The molecule has 0 aromatic carbocycles. The molecule has 0 radical (unpaired) electrons. The van der Waals surface area contributed by atoms with E-state index < -0.39 is 8.32 Å². The van der Waals surface area contributed by atoms with Crippen LogP contribution >= 0.6 is 0 Å². The lowest BCUT2D eigenvalue weighted by atomic mass is 9.83. The van der Waals surface area contributed by atoms with Crippen molar-refractivity contribution in [2.45, 2.75) is 63.8 Å². The largest absolute Gasteiger partial charge is 0.411 e. The molecule has 1 aliphatic carbocycles. The number of rotatable bonds is 3. The summed E-state index contributed by atoms with van der Waals surface area (Å²) in [5, 5.41) is 0. The van der Waals surface area contributed by atoms with Crippen LogP contribution in [0.2, 0.25) is 19.6 Å². The van der Waals surface area contributed by atoms with Crippen LogP contribution in [0.25, 0.3) is 0 Å². The Balaban J connectivity index is 2.66. The second-order valence-corrected chi connectivity index (χ2v) is 9.77. The molecular weight excluding hydrogens is 188 g/mol.